The standard InChI is InChI=1S/C25H21BrF2N6O2/c1-14(26)25(35)33-10-2-3-17(12-33)34-24-21(23(29)30-13-31-24)22(32-34)15-4-7-18(8-5-15)36-20-9-6-16(27)11-19(20)28/h4-9,11,13,17H,1-3,10,12H2,(H2,29,30,31)/t17-/m1/s1. The average molecular weight is 555 g/mol. The topological polar surface area (TPSA) is 99.2 Å². The number of ether oxygens (including phenoxy) is 1. The van der Waals surface area contributed by atoms with E-state index in [0.717, 1.165) is 30.5 Å². The number of nitrogen functional groups attached to an aromatic ring is 1. The smallest absolute Gasteiger partial charge is 0.260 e. The molecule has 0 spiro atoms. The van der Waals surface area contributed by atoms with Crippen molar-refractivity contribution in [1.82, 2.24) is 24.6 Å². The van der Waals surface area contributed by atoms with Crippen LogP contribution in [0.5, 0.6) is 11.5 Å². The summed E-state index contributed by atoms with van der Waals surface area (Å²) in [5.74, 6) is -1.06. The van der Waals surface area contributed by atoms with Crippen LogP contribution >= 0.6 is 15.9 Å². The summed E-state index contributed by atoms with van der Waals surface area (Å²) in [6, 6.07) is 9.86. The number of carbonyl (C=O) groups is 1. The summed E-state index contributed by atoms with van der Waals surface area (Å²) in [5.41, 5.74) is 8.11. The number of piperidine rings is 1. The first kappa shape index (κ1) is 23.9. The van der Waals surface area contributed by atoms with Gasteiger partial charge in [0.2, 0.25) is 0 Å². The molecule has 8 nitrogen and oxygen atoms in total. The van der Waals surface area contributed by atoms with E-state index in [0.29, 0.717) is 40.0 Å². The highest BCUT2D eigenvalue weighted by atomic mass is 79.9. The summed E-state index contributed by atoms with van der Waals surface area (Å²) in [5, 5.41) is 5.44. The fourth-order valence-electron chi connectivity index (χ4n) is 4.33. The van der Waals surface area contributed by atoms with E-state index in [1.807, 2.05) is 0 Å². The summed E-state index contributed by atoms with van der Waals surface area (Å²) < 4.78 is 34.8. The second kappa shape index (κ2) is 9.65. The van der Waals surface area contributed by atoms with Gasteiger partial charge in [-0.2, -0.15) is 5.10 Å². The minimum atomic E-state index is -0.794. The van der Waals surface area contributed by atoms with Crippen LogP contribution in [0.15, 0.2) is 59.9 Å². The number of rotatable bonds is 5. The van der Waals surface area contributed by atoms with E-state index in [-0.39, 0.29) is 23.5 Å². The Morgan fingerprint density at radius 2 is 1.94 bits per heavy atom. The molecule has 0 unspecified atom stereocenters. The van der Waals surface area contributed by atoms with Crippen molar-refractivity contribution in [2.24, 2.45) is 0 Å². The summed E-state index contributed by atoms with van der Waals surface area (Å²) in [4.78, 5) is 22.8. The summed E-state index contributed by atoms with van der Waals surface area (Å²) >= 11 is 3.18. The molecule has 2 aromatic heterocycles. The second-order valence-corrected chi connectivity index (χ2v) is 9.36. The zero-order chi connectivity index (χ0) is 25.4. The predicted octanol–water partition coefficient (Wildman–Crippen LogP) is 5.22. The van der Waals surface area contributed by atoms with Gasteiger partial charge in [-0.3, -0.25) is 4.79 Å². The zero-order valence-corrected chi connectivity index (χ0v) is 20.6. The van der Waals surface area contributed by atoms with Gasteiger partial charge in [-0.15, -0.1) is 0 Å². The van der Waals surface area contributed by atoms with Crippen molar-refractivity contribution in [3.05, 3.63) is 71.5 Å². The van der Waals surface area contributed by atoms with Gasteiger partial charge in [-0.05, 0) is 65.2 Å². The number of nitrogens with zero attached hydrogens (tertiary/aromatic N) is 5. The molecule has 0 saturated carbocycles. The second-order valence-electron chi connectivity index (χ2n) is 8.40. The highest BCUT2D eigenvalue weighted by Crippen LogP contribution is 2.35. The maximum Gasteiger partial charge on any atom is 0.260 e. The van der Waals surface area contributed by atoms with Gasteiger partial charge in [0.1, 0.15) is 29.4 Å². The molecule has 1 atom stereocenters. The van der Waals surface area contributed by atoms with Crippen LogP contribution in [-0.4, -0.2) is 43.6 Å². The molecule has 3 heterocycles. The first-order valence-electron chi connectivity index (χ1n) is 11.2. The maximum absolute atomic E-state index is 14.0. The van der Waals surface area contributed by atoms with Gasteiger partial charge >= 0.3 is 0 Å². The van der Waals surface area contributed by atoms with Crippen molar-refractivity contribution < 1.29 is 18.3 Å². The van der Waals surface area contributed by atoms with Gasteiger partial charge in [0.05, 0.1) is 15.9 Å². The van der Waals surface area contributed by atoms with Crippen LogP contribution < -0.4 is 10.5 Å². The quantitative estimate of drug-likeness (QED) is 0.339. The first-order chi connectivity index (χ1) is 17.3. The molecule has 1 saturated heterocycles. The number of nitrogens with two attached hydrogens (primary N) is 1. The maximum atomic E-state index is 14.0. The summed E-state index contributed by atoms with van der Waals surface area (Å²) in [7, 11) is 0. The monoisotopic (exact) mass is 554 g/mol. The fraction of sp³-hybridized carbons (Fsp3) is 0.200. The Bertz CT molecular complexity index is 1470. The Kier molecular flexibility index (Phi) is 6.40. The molecule has 5 rings (SSSR count). The van der Waals surface area contributed by atoms with Crippen LogP contribution in [0.1, 0.15) is 18.9 Å². The molecule has 0 radical (unpaired) electrons. The lowest BCUT2D eigenvalue weighted by molar-refractivity contribution is -0.127. The number of fused-ring (bicyclic) bond motifs is 1. The Morgan fingerprint density at radius 3 is 2.67 bits per heavy atom. The molecule has 0 aliphatic carbocycles. The third-order valence-electron chi connectivity index (χ3n) is 6.03. The lowest BCUT2D eigenvalue weighted by Gasteiger charge is -2.32. The molecule has 2 N–H and O–H groups in total. The van der Waals surface area contributed by atoms with Crippen molar-refractivity contribution in [3.63, 3.8) is 0 Å². The Labute approximate surface area is 213 Å². The molecular formula is C25H21BrF2N6O2. The van der Waals surface area contributed by atoms with Gasteiger partial charge < -0.3 is 15.4 Å². The number of halogens is 3. The van der Waals surface area contributed by atoms with E-state index >= 15 is 0 Å². The van der Waals surface area contributed by atoms with E-state index < -0.39 is 11.6 Å². The van der Waals surface area contributed by atoms with Crippen molar-refractivity contribution in [2.45, 2.75) is 18.9 Å². The van der Waals surface area contributed by atoms with Crippen molar-refractivity contribution in [3.8, 4) is 22.8 Å². The fourth-order valence-corrected chi connectivity index (χ4v) is 4.58. The van der Waals surface area contributed by atoms with Crippen molar-refractivity contribution in [1.29, 1.82) is 0 Å². The first-order valence-corrected chi connectivity index (χ1v) is 12.0. The number of hydrogen-bond donors (Lipinski definition) is 1. The van der Waals surface area contributed by atoms with Gasteiger partial charge in [0.25, 0.3) is 5.91 Å². The molecule has 1 aliphatic rings. The molecular weight excluding hydrogens is 534 g/mol. The van der Waals surface area contributed by atoms with Crippen LogP contribution in [-0.2, 0) is 4.79 Å². The number of hydrogen-bond acceptors (Lipinski definition) is 6. The van der Waals surface area contributed by atoms with E-state index in [4.69, 9.17) is 15.6 Å². The lowest BCUT2D eigenvalue weighted by Crippen LogP contribution is -2.41. The number of amides is 1. The molecule has 1 aliphatic heterocycles. The number of carbonyl (C=O) groups excluding carboxylic acids is 1. The van der Waals surface area contributed by atoms with E-state index in [1.54, 1.807) is 33.8 Å². The molecule has 184 valence electrons. The third-order valence-corrected chi connectivity index (χ3v) is 6.37. The number of aromatic nitrogens is 4. The minimum Gasteiger partial charge on any atom is -0.454 e. The van der Waals surface area contributed by atoms with E-state index in [2.05, 4.69) is 32.5 Å². The van der Waals surface area contributed by atoms with Crippen LogP contribution in [0.25, 0.3) is 22.3 Å². The summed E-state index contributed by atoms with van der Waals surface area (Å²) in [6.45, 7) is 4.79. The van der Waals surface area contributed by atoms with Crippen molar-refractivity contribution in [2.75, 3.05) is 18.8 Å². The van der Waals surface area contributed by atoms with Gasteiger partial charge in [0.15, 0.2) is 17.2 Å². The molecule has 2 aromatic carbocycles. The van der Waals surface area contributed by atoms with E-state index in [9.17, 15) is 13.6 Å². The largest absolute Gasteiger partial charge is 0.454 e. The van der Waals surface area contributed by atoms with Crippen LogP contribution in [0, 0.1) is 11.6 Å². The zero-order valence-electron chi connectivity index (χ0n) is 19.0. The number of likely N-dealkylation sites (tertiary alicyclic amines) is 1. The summed E-state index contributed by atoms with van der Waals surface area (Å²) in [6.07, 6.45) is 3.01. The Balaban J connectivity index is 1.48. The van der Waals surface area contributed by atoms with Gasteiger partial charge in [0, 0.05) is 24.7 Å². The number of anilines is 1. The van der Waals surface area contributed by atoms with Crippen molar-refractivity contribution >= 4 is 38.7 Å². The Morgan fingerprint density at radius 1 is 1.17 bits per heavy atom. The highest BCUT2D eigenvalue weighted by molar-refractivity contribution is 9.12. The molecule has 0 bridgehead atoms. The van der Waals surface area contributed by atoms with E-state index in [1.165, 1.54) is 12.4 Å². The number of benzene rings is 2. The lowest BCUT2D eigenvalue weighted by atomic mass is 10.1. The SMILES string of the molecule is C=C(Br)C(=O)N1CCC[C@@H](n2nc(-c3ccc(Oc4ccc(F)cc4F)cc3)c3c(N)ncnc32)C1. The molecule has 36 heavy (non-hydrogen) atoms. The van der Waals surface area contributed by atoms with Gasteiger partial charge in [-0.1, -0.05) is 6.58 Å². The normalized spacial score (nSPS) is 15.8. The average Bonchev–Trinajstić information content (AvgIpc) is 3.27. The highest BCUT2D eigenvalue weighted by Gasteiger charge is 2.29. The van der Waals surface area contributed by atoms with Crippen LogP contribution in [0.3, 0.4) is 0 Å². The third kappa shape index (κ3) is 4.53. The van der Waals surface area contributed by atoms with Gasteiger partial charge in [-0.25, -0.2) is 23.4 Å². The van der Waals surface area contributed by atoms with Crippen LogP contribution in [0.4, 0.5) is 14.6 Å². The Hall–Kier alpha value is -3.86. The predicted molar refractivity (Wildman–Crippen MR) is 135 cm³/mol. The molecule has 1 amide bonds. The minimum absolute atomic E-state index is 0.0842. The molecule has 4 aromatic rings. The molecule has 1 fully saturated rings. The molecule has 11 heteroatoms. The van der Waals surface area contributed by atoms with Crippen LogP contribution in [0.2, 0.25) is 0 Å².